The van der Waals surface area contributed by atoms with Gasteiger partial charge < -0.3 is 10.6 Å². The molecule has 4 nitrogen and oxygen atoms in total. The summed E-state index contributed by atoms with van der Waals surface area (Å²) in [5, 5.41) is 5.84. The van der Waals surface area contributed by atoms with E-state index in [4.69, 9.17) is 23.2 Å². The minimum atomic E-state index is -0.521. The molecule has 0 radical (unpaired) electrons. The van der Waals surface area contributed by atoms with Crippen LogP contribution in [0, 0.1) is 12.7 Å². The fraction of sp³-hybridized carbons (Fsp3) is 0.176. The van der Waals surface area contributed by atoms with Crippen molar-refractivity contribution in [1.29, 1.82) is 0 Å². The molecule has 0 heterocycles. The highest BCUT2D eigenvalue weighted by molar-refractivity contribution is 6.33. The number of nitrogens with one attached hydrogen (secondary N) is 2. The number of hydrogen-bond donors (Lipinski definition) is 2. The van der Waals surface area contributed by atoms with E-state index >= 15 is 0 Å². The van der Waals surface area contributed by atoms with Gasteiger partial charge in [0.05, 0.1) is 10.6 Å². The lowest BCUT2D eigenvalue weighted by atomic mass is 10.2. The summed E-state index contributed by atoms with van der Waals surface area (Å²) in [6, 6.07) is 8.71. The molecular formula is C17H15Cl2FN2O2. The van der Waals surface area contributed by atoms with Gasteiger partial charge in [0.1, 0.15) is 5.82 Å². The summed E-state index contributed by atoms with van der Waals surface area (Å²) >= 11 is 11.8. The maximum Gasteiger partial charge on any atom is 0.252 e. The van der Waals surface area contributed by atoms with Crippen LogP contribution in [0.3, 0.4) is 0 Å². The maximum atomic E-state index is 13.0. The summed E-state index contributed by atoms with van der Waals surface area (Å²) in [4.78, 5) is 23.8. The fourth-order valence-electron chi connectivity index (χ4n) is 1.95. The van der Waals surface area contributed by atoms with E-state index in [2.05, 4.69) is 10.6 Å². The van der Waals surface area contributed by atoms with Gasteiger partial charge in [0.2, 0.25) is 5.91 Å². The Labute approximate surface area is 149 Å². The summed E-state index contributed by atoms with van der Waals surface area (Å²) in [6.07, 6.45) is 0.0794. The zero-order chi connectivity index (χ0) is 17.7. The van der Waals surface area contributed by atoms with E-state index < -0.39 is 11.7 Å². The van der Waals surface area contributed by atoms with E-state index in [0.717, 1.165) is 17.7 Å². The first-order valence-electron chi connectivity index (χ1n) is 7.16. The quantitative estimate of drug-likeness (QED) is 0.830. The Morgan fingerprint density at radius 2 is 1.83 bits per heavy atom. The van der Waals surface area contributed by atoms with Crippen molar-refractivity contribution in [3.8, 4) is 0 Å². The molecule has 0 spiro atoms. The van der Waals surface area contributed by atoms with Crippen LogP contribution >= 0.6 is 23.2 Å². The molecule has 2 N–H and O–H groups in total. The molecule has 0 aliphatic carbocycles. The Kier molecular flexibility index (Phi) is 6.17. The normalized spacial score (nSPS) is 10.3. The number of aryl methyl sites for hydroxylation is 1. The van der Waals surface area contributed by atoms with Gasteiger partial charge in [-0.25, -0.2) is 4.39 Å². The van der Waals surface area contributed by atoms with Crippen LogP contribution in [0.2, 0.25) is 10.0 Å². The number of anilines is 1. The van der Waals surface area contributed by atoms with Crippen molar-refractivity contribution in [2.45, 2.75) is 13.3 Å². The number of benzene rings is 2. The lowest BCUT2D eigenvalue weighted by molar-refractivity contribution is -0.116. The Morgan fingerprint density at radius 3 is 2.50 bits per heavy atom. The summed E-state index contributed by atoms with van der Waals surface area (Å²) in [6.45, 7) is 1.99. The predicted octanol–water partition coefficient (Wildman–Crippen LogP) is 4.20. The zero-order valence-electron chi connectivity index (χ0n) is 12.8. The van der Waals surface area contributed by atoms with Gasteiger partial charge in [-0.05, 0) is 42.8 Å². The molecule has 0 fully saturated rings. The van der Waals surface area contributed by atoms with Crippen molar-refractivity contribution in [2.75, 3.05) is 11.9 Å². The number of carbonyl (C=O) groups is 2. The van der Waals surface area contributed by atoms with Crippen molar-refractivity contribution in [2.24, 2.45) is 0 Å². The molecule has 2 aromatic carbocycles. The van der Waals surface area contributed by atoms with Crippen LogP contribution in [0.25, 0.3) is 0 Å². The van der Waals surface area contributed by atoms with Gasteiger partial charge in [-0.2, -0.15) is 0 Å². The number of amides is 2. The highest BCUT2D eigenvalue weighted by Gasteiger charge is 2.11. The van der Waals surface area contributed by atoms with Gasteiger partial charge in [0.15, 0.2) is 0 Å². The van der Waals surface area contributed by atoms with E-state index in [1.54, 1.807) is 18.2 Å². The lowest BCUT2D eigenvalue weighted by Gasteiger charge is -2.08. The third-order valence-electron chi connectivity index (χ3n) is 3.27. The van der Waals surface area contributed by atoms with E-state index in [1.807, 2.05) is 6.92 Å². The highest BCUT2D eigenvalue weighted by Crippen LogP contribution is 2.20. The molecule has 7 heteroatoms. The van der Waals surface area contributed by atoms with Crippen LogP contribution in [0.4, 0.5) is 10.1 Å². The predicted molar refractivity (Wildman–Crippen MR) is 93.2 cm³/mol. The number of hydrogen-bond acceptors (Lipinski definition) is 2. The van der Waals surface area contributed by atoms with Crippen molar-refractivity contribution in [1.82, 2.24) is 5.32 Å². The summed E-state index contributed by atoms with van der Waals surface area (Å²) < 4.78 is 13.0. The Bertz CT molecular complexity index is 781. The smallest absolute Gasteiger partial charge is 0.252 e. The minimum Gasteiger partial charge on any atom is -0.351 e. The van der Waals surface area contributed by atoms with Crippen LogP contribution in [0.1, 0.15) is 22.3 Å². The van der Waals surface area contributed by atoms with Crippen LogP contribution in [-0.4, -0.2) is 18.4 Å². The second-order valence-corrected chi connectivity index (χ2v) is 5.96. The van der Waals surface area contributed by atoms with Gasteiger partial charge in [0, 0.05) is 23.7 Å². The molecule has 24 heavy (non-hydrogen) atoms. The van der Waals surface area contributed by atoms with Crippen LogP contribution in [0.5, 0.6) is 0 Å². The third kappa shape index (κ3) is 4.94. The molecule has 0 aliphatic rings. The van der Waals surface area contributed by atoms with E-state index in [0.29, 0.717) is 10.7 Å². The van der Waals surface area contributed by atoms with E-state index in [9.17, 15) is 14.0 Å². The SMILES string of the molecule is Cc1ccc(NC(=O)CCNC(=O)c2ccc(F)cc2Cl)cc1Cl. The monoisotopic (exact) mass is 368 g/mol. The first kappa shape index (κ1) is 18.2. The zero-order valence-corrected chi connectivity index (χ0v) is 14.3. The Balaban J connectivity index is 1.83. The van der Waals surface area contributed by atoms with E-state index in [1.165, 1.54) is 6.07 Å². The maximum absolute atomic E-state index is 13.0. The summed E-state index contributed by atoms with van der Waals surface area (Å²) in [5.41, 5.74) is 1.66. The summed E-state index contributed by atoms with van der Waals surface area (Å²) in [7, 11) is 0. The molecule has 0 aromatic heterocycles. The summed E-state index contributed by atoms with van der Waals surface area (Å²) in [5.74, 6) is -1.25. The van der Waals surface area contributed by atoms with Crippen molar-refractivity contribution in [3.63, 3.8) is 0 Å². The first-order chi connectivity index (χ1) is 11.4. The van der Waals surface area contributed by atoms with Crippen molar-refractivity contribution >= 4 is 40.7 Å². The van der Waals surface area contributed by atoms with Gasteiger partial charge >= 0.3 is 0 Å². The Morgan fingerprint density at radius 1 is 1.08 bits per heavy atom. The molecule has 0 saturated carbocycles. The van der Waals surface area contributed by atoms with Crippen molar-refractivity contribution in [3.05, 3.63) is 63.4 Å². The van der Waals surface area contributed by atoms with Gasteiger partial charge in [0.25, 0.3) is 5.91 Å². The van der Waals surface area contributed by atoms with Crippen LogP contribution in [0.15, 0.2) is 36.4 Å². The standard InChI is InChI=1S/C17H15Cl2FN2O2/c1-10-2-4-12(9-14(10)18)22-16(23)6-7-21-17(24)13-5-3-11(20)8-15(13)19/h2-5,8-9H,6-7H2,1H3,(H,21,24)(H,22,23). The molecule has 0 atom stereocenters. The molecule has 0 bridgehead atoms. The van der Waals surface area contributed by atoms with Crippen molar-refractivity contribution < 1.29 is 14.0 Å². The average molecular weight is 369 g/mol. The highest BCUT2D eigenvalue weighted by atomic mass is 35.5. The molecular weight excluding hydrogens is 354 g/mol. The van der Waals surface area contributed by atoms with Crippen LogP contribution in [-0.2, 0) is 4.79 Å². The molecule has 2 aromatic rings. The van der Waals surface area contributed by atoms with Gasteiger partial charge in [-0.1, -0.05) is 29.3 Å². The second-order valence-electron chi connectivity index (χ2n) is 5.14. The molecule has 0 aliphatic heterocycles. The number of carbonyl (C=O) groups excluding carboxylic acids is 2. The number of halogens is 3. The second kappa shape index (κ2) is 8.13. The van der Waals surface area contributed by atoms with E-state index in [-0.39, 0.29) is 29.5 Å². The topological polar surface area (TPSA) is 58.2 Å². The molecule has 2 amide bonds. The van der Waals surface area contributed by atoms with Gasteiger partial charge in [-0.3, -0.25) is 9.59 Å². The fourth-order valence-corrected chi connectivity index (χ4v) is 2.39. The first-order valence-corrected chi connectivity index (χ1v) is 7.91. The molecule has 2 rings (SSSR count). The third-order valence-corrected chi connectivity index (χ3v) is 3.99. The minimum absolute atomic E-state index is 0.0197. The Hall–Kier alpha value is -2.11. The largest absolute Gasteiger partial charge is 0.351 e. The number of rotatable bonds is 5. The van der Waals surface area contributed by atoms with Gasteiger partial charge in [-0.15, -0.1) is 0 Å². The average Bonchev–Trinajstić information content (AvgIpc) is 2.50. The lowest BCUT2D eigenvalue weighted by Crippen LogP contribution is -2.27. The van der Waals surface area contributed by atoms with Crippen LogP contribution < -0.4 is 10.6 Å². The molecule has 0 saturated heterocycles. The molecule has 0 unspecified atom stereocenters. The molecule has 126 valence electrons.